The van der Waals surface area contributed by atoms with E-state index in [0.29, 0.717) is 5.92 Å². The van der Waals surface area contributed by atoms with Crippen LogP contribution in [0, 0.1) is 5.92 Å². The molecule has 0 spiro atoms. The zero-order valence-electron chi connectivity index (χ0n) is 10.8. The number of hydrogen-bond donors (Lipinski definition) is 3. The van der Waals surface area contributed by atoms with E-state index in [4.69, 9.17) is 10.5 Å². The normalized spacial score (nSPS) is 19.5. The second kappa shape index (κ2) is 5.77. The largest absolute Gasteiger partial charge is 0.398 e. The Morgan fingerprint density at radius 1 is 1.47 bits per heavy atom. The van der Waals surface area contributed by atoms with E-state index in [9.17, 15) is 8.42 Å². The lowest BCUT2D eigenvalue weighted by Crippen LogP contribution is -2.20. The summed E-state index contributed by atoms with van der Waals surface area (Å²) in [6.45, 7) is 2.39. The first-order valence-electron chi connectivity index (χ1n) is 6.17. The molecule has 4 N–H and O–H groups in total. The minimum absolute atomic E-state index is 0.102. The fraction of sp³-hybridized carbons (Fsp3) is 0.500. The van der Waals surface area contributed by atoms with Crippen molar-refractivity contribution in [2.45, 2.75) is 11.3 Å². The van der Waals surface area contributed by atoms with E-state index in [0.717, 1.165) is 31.9 Å². The monoisotopic (exact) mass is 285 g/mol. The minimum Gasteiger partial charge on any atom is -0.398 e. The minimum atomic E-state index is -3.50. The Hall–Kier alpha value is -1.31. The molecule has 0 radical (unpaired) electrons. The molecule has 6 nitrogen and oxygen atoms in total. The van der Waals surface area contributed by atoms with Gasteiger partial charge in [0.25, 0.3) is 0 Å². The van der Waals surface area contributed by atoms with Gasteiger partial charge in [0.05, 0.1) is 12.3 Å². The zero-order chi connectivity index (χ0) is 13.9. The molecule has 1 aliphatic heterocycles. The van der Waals surface area contributed by atoms with Crippen LogP contribution in [-0.4, -0.2) is 35.2 Å². The van der Waals surface area contributed by atoms with Gasteiger partial charge >= 0.3 is 0 Å². The summed E-state index contributed by atoms with van der Waals surface area (Å²) in [6.07, 6.45) is 1.05. The smallest absolute Gasteiger partial charge is 0.242 e. The molecule has 0 aliphatic carbocycles. The third kappa shape index (κ3) is 3.37. The van der Waals surface area contributed by atoms with Crippen molar-refractivity contribution < 1.29 is 13.2 Å². The van der Waals surface area contributed by atoms with Crippen molar-refractivity contribution in [1.82, 2.24) is 4.72 Å². The molecule has 1 heterocycles. The predicted molar refractivity (Wildman–Crippen MR) is 74.5 cm³/mol. The summed E-state index contributed by atoms with van der Waals surface area (Å²) >= 11 is 0. The lowest BCUT2D eigenvalue weighted by atomic mass is 10.1. The van der Waals surface area contributed by atoms with E-state index in [1.807, 2.05) is 0 Å². The molecule has 0 amide bonds. The van der Waals surface area contributed by atoms with Crippen molar-refractivity contribution in [2.75, 3.05) is 37.9 Å². The summed E-state index contributed by atoms with van der Waals surface area (Å²) in [4.78, 5) is 0.102. The SMILES string of the molecule is CNS(=O)(=O)c1ccc(NCC2CCOC2)cc1N. The Bertz CT molecular complexity index is 539. The van der Waals surface area contributed by atoms with Crippen LogP contribution in [0.4, 0.5) is 11.4 Å². The maximum absolute atomic E-state index is 11.7. The fourth-order valence-corrected chi connectivity index (χ4v) is 2.86. The molecule has 0 bridgehead atoms. The van der Waals surface area contributed by atoms with Crippen molar-refractivity contribution in [3.05, 3.63) is 18.2 Å². The van der Waals surface area contributed by atoms with Gasteiger partial charge in [0.15, 0.2) is 0 Å². The van der Waals surface area contributed by atoms with Crippen LogP contribution in [0.5, 0.6) is 0 Å². The average Bonchev–Trinajstić information content (AvgIpc) is 2.89. The predicted octanol–water partition coefficient (Wildman–Crippen LogP) is 0.625. The molecule has 1 fully saturated rings. The molecule has 1 unspecified atom stereocenters. The quantitative estimate of drug-likeness (QED) is 0.690. The highest BCUT2D eigenvalue weighted by molar-refractivity contribution is 7.89. The van der Waals surface area contributed by atoms with Crippen molar-refractivity contribution in [2.24, 2.45) is 5.92 Å². The first-order valence-corrected chi connectivity index (χ1v) is 7.66. The summed E-state index contributed by atoms with van der Waals surface area (Å²) in [7, 11) is -2.14. The van der Waals surface area contributed by atoms with Gasteiger partial charge in [-0.3, -0.25) is 0 Å². The second-order valence-corrected chi connectivity index (χ2v) is 6.43. The summed E-state index contributed by atoms with van der Waals surface area (Å²) in [5, 5.41) is 3.25. The van der Waals surface area contributed by atoms with Gasteiger partial charge in [-0.25, -0.2) is 13.1 Å². The molecule has 19 heavy (non-hydrogen) atoms. The Balaban J connectivity index is 2.06. The Labute approximate surface area is 113 Å². The third-order valence-electron chi connectivity index (χ3n) is 3.19. The van der Waals surface area contributed by atoms with Gasteiger partial charge in [0.1, 0.15) is 4.90 Å². The van der Waals surface area contributed by atoms with Gasteiger partial charge in [0, 0.05) is 24.8 Å². The van der Waals surface area contributed by atoms with Crippen molar-refractivity contribution in [3.63, 3.8) is 0 Å². The number of nitrogen functional groups attached to an aromatic ring is 1. The van der Waals surface area contributed by atoms with Gasteiger partial charge in [-0.1, -0.05) is 0 Å². The van der Waals surface area contributed by atoms with Gasteiger partial charge in [-0.05, 0) is 31.7 Å². The number of benzene rings is 1. The molecule has 1 aromatic carbocycles. The number of anilines is 2. The molecule has 1 atom stereocenters. The second-order valence-electron chi connectivity index (χ2n) is 4.57. The van der Waals surface area contributed by atoms with Crippen molar-refractivity contribution in [1.29, 1.82) is 0 Å². The summed E-state index contributed by atoms with van der Waals surface area (Å²) in [5.41, 5.74) is 6.84. The molecular formula is C12H19N3O3S. The van der Waals surface area contributed by atoms with Crippen molar-refractivity contribution in [3.8, 4) is 0 Å². The molecule has 1 aromatic rings. The van der Waals surface area contributed by atoms with Gasteiger partial charge in [-0.2, -0.15) is 0 Å². The van der Waals surface area contributed by atoms with E-state index in [1.54, 1.807) is 12.1 Å². The number of sulfonamides is 1. The molecule has 2 rings (SSSR count). The molecule has 1 saturated heterocycles. The van der Waals surface area contributed by atoms with E-state index >= 15 is 0 Å². The number of nitrogens with two attached hydrogens (primary N) is 1. The average molecular weight is 285 g/mol. The van der Waals surface area contributed by atoms with Crippen LogP contribution < -0.4 is 15.8 Å². The Morgan fingerprint density at radius 3 is 2.84 bits per heavy atom. The number of hydrogen-bond acceptors (Lipinski definition) is 5. The maximum atomic E-state index is 11.7. The van der Waals surface area contributed by atoms with Gasteiger partial charge < -0.3 is 15.8 Å². The van der Waals surface area contributed by atoms with Crippen molar-refractivity contribution >= 4 is 21.4 Å². The highest BCUT2D eigenvalue weighted by Crippen LogP contribution is 2.23. The lowest BCUT2D eigenvalue weighted by molar-refractivity contribution is 0.187. The first-order chi connectivity index (χ1) is 9.03. The molecule has 1 aliphatic rings. The number of ether oxygens (including phenoxy) is 1. The number of nitrogens with one attached hydrogen (secondary N) is 2. The molecular weight excluding hydrogens is 266 g/mol. The molecule has 7 heteroatoms. The van der Waals surface area contributed by atoms with Crippen LogP contribution in [0.15, 0.2) is 23.1 Å². The van der Waals surface area contributed by atoms with Crippen LogP contribution in [0.1, 0.15) is 6.42 Å². The van der Waals surface area contributed by atoms with Gasteiger partial charge in [0.2, 0.25) is 10.0 Å². The van der Waals surface area contributed by atoms with E-state index < -0.39 is 10.0 Å². The highest BCUT2D eigenvalue weighted by atomic mass is 32.2. The standard InChI is InChI=1S/C12H19N3O3S/c1-14-19(16,17)12-3-2-10(6-11(12)13)15-7-9-4-5-18-8-9/h2-3,6,9,14-15H,4-5,7-8,13H2,1H3. The first kappa shape index (κ1) is 14.1. The Morgan fingerprint density at radius 2 is 2.26 bits per heavy atom. The van der Waals surface area contributed by atoms with E-state index in [2.05, 4.69) is 10.0 Å². The lowest BCUT2D eigenvalue weighted by Gasteiger charge is -2.13. The van der Waals surface area contributed by atoms with E-state index in [1.165, 1.54) is 13.1 Å². The zero-order valence-corrected chi connectivity index (χ0v) is 11.7. The maximum Gasteiger partial charge on any atom is 0.242 e. The Kier molecular flexibility index (Phi) is 4.28. The van der Waals surface area contributed by atoms with Crippen LogP contribution in [-0.2, 0) is 14.8 Å². The highest BCUT2D eigenvalue weighted by Gasteiger charge is 2.17. The van der Waals surface area contributed by atoms with E-state index in [-0.39, 0.29) is 10.6 Å². The fourth-order valence-electron chi connectivity index (χ4n) is 2.02. The topological polar surface area (TPSA) is 93.5 Å². The molecule has 0 saturated carbocycles. The summed E-state index contributed by atoms with van der Waals surface area (Å²) in [6, 6.07) is 4.87. The third-order valence-corrected chi connectivity index (χ3v) is 4.68. The molecule has 0 aromatic heterocycles. The van der Waals surface area contributed by atoms with Crippen LogP contribution in [0.2, 0.25) is 0 Å². The van der Waals surface area contributed by atoms with Crippen LogP contribution >= 0.6 is 0 Å². The summed E-state index contributed by atoms with van der Waals surface area (Å²) < 4.78 is 30.9. The van der Waals surface area contributed by atoms with Crippen LogP contribution in [0.25, 0.3) is 0 Å². The van der Waals surface area contributed by atoms with Crippen LogP contribution in [0.3, 0.4) is 0 Å². The molecule has 106 valence electrons. The van der Waals surface area contributed by atoms with Gasteiger partial charge in [-0.15, -0.1) is 0 Å². The summed E-state index contributed by atoms with van der Waals surface area (Å²) in [5.74, 6) is 0.502. The number of rotatable bonds is 5.